The molecule has 0 saturated carbocycles. The average molecular weight is 465 g/mol. The van der Waals surface area contributed by atoms with Crippen LogP contribution < -0.4 is 10.0 Å². The number of halogens is 4. The van der Waals surface area contributed by atoms with Gasteiger partial charge in [-0.1, -0.05) is 34.1 Å². The Balaban J connectivity index is 2.14. The van der Waals surface area contributed by atoms with Gasteiger partial charge in [0.05, 0.1) is 10.9 Å². The van der Waals surface area contributed by atoms with Crippen molar-refractivity contribution in [2.45, 2.75) is 24.0 Å². The number of benzene rings is 2. The van der Waals surface area contributed by atoms with Gasteiger partial charge in [-0.25, -0.2) is 13.1 Å². The third-order valence-corrected chi connectivity index (χ3v) is 5.51. The van der Waals surface area contributed by atoms with Crippen molar-refractivity contribution >= 4 is 31.9 Å². The zero-order valence-electron chi connectivity index (χ0n) is 14.0. The highest BCUT2D eigenvalue weighted by Crippen LogP contribution is 2.19. The Labute approximate surface area is 163 Å². The van der Waals surface area contributed by atoms with Gasteiger partial charge in [0.15, 0.2) is 0 Å². The van der Waals surface area contributed by atoms with E-state index in [-0.39, 0.29) is 11.6 Å². The number of hydrogen-bond acceptors (Lipinski definition) is 3. The smallest absolute Gasteiger partial charge is 0.346 e. The monoisotopic (exact) mass is 464 g/mol. The molecule has 2 aromatic rings. The number of carbonyl (C=O) groups is 1. The number of alkyl halides is 3. The first-order chi connectivity index (χ1) is 12.5. The van der Waals surface area contributed by atoms with Crippen LogP contribution in [-0.2, 0) is 10.0 Å². The Bertz CT molecular complexity index is 916. The van der Waals surface area contributed by atoms with Crippen LogP contribution >= 0.6 is 15.9 Å². The first kappa shape index (κ1) is 21.4. The molecule has 1 unspecified atom stereocenters. The summed E-state index contributed by atoms with van der Waals surface area (Å²) in [5, 5.41) is 2.72. The quantitative estimate of drug-likeness (QED) is 0.682. The van der Waals surface area contributed by atoms with Crippen LogP contribution in [-0.4, -0.2) is 27.0 Å². The van der Waals surface area contributed by atoms with E-state index in [1.807, 2.05) is 24.3 Å². The van der Waals surface area contributed by atoms with Crippen LogP contribution in [0.3, 0.4) is 0 Å². The molecule has 146 valence electrons. The normalized spacial score (nSPS) is 13.2. The largest absolute Gasteiger partial charge is 0.402 e. The third kappa shape index (κ3) is 6.33. The van der Waals surface area contributed by atoms with Crippen molar-refractivity contribution in [1.29, 1.82) is 0 Å². The molecule has 0 aromatic heterocycles. The second-order valence-electron chi connectivity index (χ2n) is 5.71. The fourth-order valence-corrected chi connectivity index (χ4v) is 3.50. The Hall–Kier alpha value is -1.91. The minimum atomic E-state index is -4.68. The van der Waals surface area contributed by atoms with Gasteiger partial charge in [-0.05, 0) is 42.8 Å². The van der Waals surface area contributed by atoms with E-state index in [0.29, 0.717) is 0 Å². The molecule has 27 heavy (non-hydrogen) atoms. The standard InChI is InChI=1S/C17H16BrF3N2O3S/c1-11(12-5-7-14(18)8-6-12)23-16(24)13-3-2-4-15(9-13)27(25,26)22-10-17(19,20)21/h2-9,11,22H,10H2,1H3,(H,23,24). The fraction of sp³-hybridized carbons (Fsp3) is 0.235. The predicted molar refractivity (Wildman–Crippen MR) is 97.7 cm³/mol. The average Bonchev–Trinajstić information content (AvgIpc) is 2.60. The lowest BCUT2D eigenvalue weighted by Gasteiger charge is -2.15. The molecule has 0 spiro atoms. The minimum absolute atomic E-state index is 0.0221. The molecule has 0 aliphatic carbocycles. The molecule has 0 radical (unpaired) electrons. The van der Waals surface area contributed by atoms with Crippen molar-refractivity contribution in [3.63, 3.8) is 0 Å². The number of rotatable bonds is 6. The van der Waals surface area contributed by atoms with Gasteiger partial charge in [-0.3, -0.25) is 4.79 Å². The van der Waals surface area contributed by atoms with Gasteiger partial charge in [0.1, 0.15) is 6.54 Å². The number of carbonyl (C=O) groups excluding carboxylic acids is 1. The number of nitrogens with one attached hydrogen (secondary N) is 2. The first-order valence-corrected chi connectivity index (χ1v) is 9.98. The lowest BCUT2D eigenvalue weighted by Crippen LogP contribution is -2.34. The Morgan fingerprint density at radius 3 is 2.37 bits per heavy atom. The molecule has 10 heteroatoms. The molecule has 2 rings (SSSR count). The number of amides is 1. The molecule has 2 aromatic carbocycles. The van der Waals surface area contributed by atoms with Crippen LogP contribution in [0.2, 0.25) is 0 Å². The van der Waals surface area contributed by atoms with Crippen LogP contribution in [0, 0.1) is 0 Å². The molecule has 0 aliphatic rings. The number of sulfonamides is 1. The zero-order valence-corrected chi connectivity index (χ0v) is 16.5. The van der Waals surface area contributed by atoms with E-state index < -0.39 is 33.5 Å². The Morgan fingerprint density at radius 1 is 1.15 bits per heavy atom. The van der Waals surface area contributed by atoms with Gasteiger partial charge in [0.25, 0.3) is 5.91 Å². The SMILES string of the molecule is CC(NC(=O)c1cccc(S(=O)(=O)NCC(F)(F)F)c1)c1ccc(Br)cc1. The zero-order chi connectivity index (χ0) is 20.2. The molecular formula is C17H16BrF3N2O3S. The van der Waals surface area contributed by atoms with Crippen molar-refractivity contribution < 1.29 is 26.4 Å². The number of hydrogen-bond donors (Lipinski definition) is 2. The second kappa shape index (κ2) is 8.41. The Morgan fingerprint density at radius 2 is 1.78 bits per heavy atom. The van der Waals surface area contributed by atoms with Gasteiger partial charge in [-0.15, -0.1) is 0 Å². The molecule has 0 heterocycles. The molecule has 1 amide bonds. The highest BCUT2D eigenvalue weighted by atomic mass is 79.9. The molecular weight excluding hydrogens is 449 g/mol. The van der Waals surface area contributed by atoms with Crippen LogP contribution in [0.25, 0.3) is 0 Å². The van der Waals surface area contributed by atoms with Crippen molar-refractivity contribution in [2.24, 2.45) is 0 Å². The van der Waals surface area contributed by atoms with Crippen molar-refractivity contribution in [2.75, 3.05) is 6.54 Å². The summed E-state index contributed by atoms with van der Waals surface area (Å²) in [4.78, 5) is 12.0. The summed E-state index contributed by atoms with van der Waals surface area (Å²) in [7, 11) is -4.39. The summed E-state index contributed by atoms with van der Waals surface area (Å²) in [6, 6.07) is 11.7. The summed E-state index contributed by atoms with van der Waals surface area (Å²) < 4.78 is 63.0. The summed E-state index contributed by atoms with van der Waals surface area (Å²) in [5.74, 6) is -0.543. The lowest BCUT2D eigenvalue weighted by atomic mass is 10.1. The van der Waals surface area contributed by atoms with E-state index >= 15 is 0 Å². The van der Waals surface area contributed by atoms with Crippen LogP contribution in [0.15, 0.2) is 57.9 Å². The lowest BCUT2D eigenvalue weighted by molar-refractivity contribution is -0.121. The highest BCUT2D eigenvalue weighted by Gasteiger charge is 2.30. The molecule has 1 atom stereocenters. The van der Waals surface area contributed by atoms with Gasteiger partial charge < -0.3 is 5.32 Å². The molecule has 0 fully saturated rings. The maximum Gasteiger partial charge on any atom is 0.402 e. The van der Waals surface area contributed by atoms with Crippen LogP contribution in [0.5, 0.6) is 0 Å². The third-order valence-electron chi connectivity index (χ3n) is 3.59. The summed E-state index contributed by atoms with van der Waals surface area (Å²) >= 11 is 3.31. The van der Waals surface area contributed by atoms with Crippen molar-refractivity contribution in [3.8, 4) is 0 Å². The molecule has 0 bridgehead atoms. The minimum Gasteiger partial charge on any atom is -0.346 e. The molecule has 2 N–H and O–H groups in total. The van der Waals surface area contributed by atoms with E-state index in [1.165, 1.54) is 16.9 Å². The van der Waals surface area contributed by atoms with Crippen LogP contribution in [0.1, 0.15) is 28.9 Å². The van der Waals surface area contributed by atoms with Gasteiger partial charge in [0, 0.05) is 10.0 Å². The maximum absolute atomic E-state index is 12.4. The summed E-state index contributed by atoms with van der Waals surface area (Å²) in [6.45, 7) is 0.0684. The van der Waals surface area contributed by atoms with Crippen LogP contribution in [0.4, 0.5) is 13.2 Å². The van der Waals surface area contributed by atoms with Gasteiger partial charge in [0.2, 0.25) is 10.0 Å². The van der Waals surface area contributed by atoms with E-state index in [1.54, 1.807) is 6.92 Å². The van der Waals surface area contributed by atoms with Crippen molar-refractivity contribution in [1.82, 2.24) is 10.0 Å². The fourth-order valence-electron chi connectivity index (χ4n) is 2.18. The summed E-state index contributed by atoms with van der Waals surface area (Å²) in [5.41, 5.74) is 0.857. The molecule has 0 saturated heterocycles. The van der Waals surface area contributed by atoms with Gasteiger partial charge >= 0.3 is 6.18 Å². The summed E-state index contributed by atoms with van der Waals surface area (Å²) in [6.07, 6.45) is -4.68. The highest BCUT2D eigenvalue weighted by molar-refractivity contribution is 9.10. The van der Waals surface area contributed by atoms with E-state index in [0.717, 1.165) is 22.2 Å². The Kier molecular flexibility index (Phi) is 6.66. The topological polar surface area (TPSA) is 75.3 Å². The van der Waals surface area contributed by atoms with E-state index in [9.17, 15) is 26.4 Å². The first-order valence-electron chi connectivity index (χ1n) is 7.71. The predicted octanol–water partition coefficient (Wildman–Crippen LogP) is 3.78. The van der Waals surface area contributed by atoms with E-state index in [2.05, 4.69) is 21.2 Å². The van der Waals surface area contributed by atoms with Gasteiger partial charge in [-0.2, -0.15) is 13.2 Å². The maximum atomic E-state index is 12.4. The molecule has 0 aliphatic heterocycles. The second-order valence-corrected chi connectivity index (χ2v) is 8.40. The van der Waals surface area contributed by atoms with Crippen molar-refractivity contribution in [3.05, 3.63) is 64.1 Å². The molecule has 5 nitrogen and oxygen atoms in total. The van der Waals surface area contributed by atoms with E-state index in [4.69, 9.17) is 0 Å².